The van der Waals surface area contributed by atoms with Crippen LogP contribution in [0.2, 0.25) is 5.02 Å². The summed E-state index contributed by atoms with van der Waals surface area (Å²) in [4.78, 5) is 24.7. The van der Waals surface area contributed by atoms with Crippen molar-refractivity contribution in [2.75, 3.05) is 26.0 Å². The van der Waals surface area contributed by atoms with Gasteiger partial charge < -0.3 is 10.1 Å². The number of amides is 1. The van der Waals surface area contributed by atoms with Crippen molar-refractivity contribution < 1.29 is 22.7 Å². The lowest BCUT2D eigenvalue weighted by Gasteiger charge is -2.15. The van der Waals surface area contributed by atoms with E-state index in [2.05, 4.69) is 10.4 Å². The Hall–Kier alpha value is -3.21. The topological polar surface area (TPSA) is 111 Å². The minimum absolute atomic E-state index is 0.0799. The van der Waals surface area contributed by atoms with Crippen LogP contribution in [0.3, 0.4) is 0 Å². The second kappa shape index (κ2) is 9.96. The maximum absolute atomic E-state index is 12.4. The van der Waals surface area contributed by atoms with Gasteiger partial charge in [-0.15, -0.1) is 0 Å². The van der Waals surface area contributed by atoms with Crippen LogP contribution in [0.15, 0.2) is 47.4 Å². The zero-order valence-corrected chi connectivity index (χ0v) is 21.0. The smallest absolute Gasteiger partial charge is 0.338 e. The van der Waals surface area contributed by atoms with Crippen molar-refractivity contribution in [1.29, 1.82) is 0 Å². The van der Waals surface area contributed by atoms with Crippen LogP contribution in [0.5, 0.6) is 0 Å². The van der Waals surface area contributed by atoms with E-state index >= 15 is 0 Å². The zero-order chi connectivity index (χ0) is 25.2. The SMILES string of the molecule is Cc1ccc(NC(=O)COC(=O)c2ccc(-n3nc(C)c(Cl)c3C)cc2)cc1S(=O)(=O)N(C)C. The van der Waals surface area contributed by atoms with Gasteiger partial charge in [-0.3, -0.25) is 4.79 Å². The van der Waals surface area contributed by atoms with Crippen molar-refractivity contribution in [1.82, 2.24) is 14.1 Å². The Balaban J connectivity index is 1.63. The lowest BCUT2D eigenvalue weighted by Crippen LogP contribution is -2.24. The first-order valence-corrected chi connectivity index (χ1v) is 12.1. The Morgan fingerprint density at radius 1 is 1.09 bits per heavy atom. The Bertz CT molecular complexity index is 1350. The van der Waals surface area contributed by atoms with Crippen LogP contribution < -0.4 is 5.32 Å². The van der Waals surface area contributed by atoms with Gasteiger partial charge in [0.05, 0.1) is 32.6 Å². The van der Waals surface area contributed by atoms with Crippen LogP contribution in [0.1, 0.15) is 27.3 Å². The predicted molar refractivity (Wildman–Crippen MR) is 129 cm³/mol. The van der Waals surface area contributed by atoms with Gasteiger partial charge in [-0.25, -0.2) is 22.2 Å². The Kier molecular flexibility index (Phi) is 7.44. The number of carbonyl (C=O) groups is 2. The largest absolute Gasteiger partial charge is 0.452 e. The van der Waals surface area contributed by atoms with Crippen LogP contribution in [-0.4, -0.2) is 55.1 Å². The molecule has 3 aromatic rings. The molecule has 34 heavy (non-hydrogen) atoms. The minimum Gasteiger partial charge on any atom is -0.452 e. The maximum Gasteiger partial charge on any atom is 0.338 e. The van der Waals surface area contributed by atoms with E-state index in [1.807, 2.05) is 6.92 Å². The van der Waals surface area contributed by atoms with Gasteiger partial charge in [0, 0.05) is 19.8 Å². The van der Waals surface area contributed by atoms with E-state index in [9.17, 15) is 18.0 Å². The molecule has 0 fully saturated rings. The molecule has 0 saturated carbocycles. The van der Waals surface area contributed by atoms with Gasteiger partial charge in [0.2, 0.25) is 10.0 Å². The number of ether oxygens (including phenoxy) is 1. The number of benzene rings is 2. The molecule has 0 unspecified atom stereocenters. The molecular formula is C23H25ClN4O5S. The average Bonchev–Trinajstić information content (AvgIpc) is 3.05. The lowest BCUT2D eigenvalue weighted by atomic mass is 10.2. The third-order valence-electron chi connectivity index (χ3n) is 5.12. The molecule has 0 spiro atoms. The number of esters is 1. The number of sulfonamides is 1. The van der Waals surface area contributed by atoms with E-state index in [1.165, 1.54) is 20.2 Å². The molecule has 0 radical (unpaired) electrons. The second-order valence-electron chi connectivity index (χ2n) is 7.84. The molecule has 1 heterocycles. The molecule has 1 aromatic heterocycles. The molecule has 0 aliphatic heterocycles. The molecule has 0 bridgehead atoms. The van der Waals surface area contributed by atoms with Gasteiger partial charge in [-0.05, 0) is 62.7 Å². The van der Waals surface area contributed by atoms with E-state index in [0.29, 0.717) is 16.3 Å². The first-order chi connectivity index (χ1) is 15.9. The van der Waals surface area contributed by atoms with Crippen molar-refractivity contribution in [3.63, 3.8) is 0 Å². The summed E-state index contributed by atoms with van der Waals surface area (Å²) in [7, 11) is -0.814. The van der Waals surface area contributed by atoms with Crippen LogP contribution in [0.4, 0.5) is 5.69 Å². The highest BCUT2D eigenvalue weighted by atomic mass is 35.5. The number of hydrogen-bond acceptors (Lipinski definition) is 6. The van der Waals surface area contributed by atoms with E-state index in [1.54, 1.807) is 54.9 Å². The summed E-state index contributed by atoms with van der Waals surface area (Å²) in [5.41, 5.74) is 3.30. The van der Waals surface area contributed by atoms with Crippen molar-refractivity contribution >= 4 is 39.2 Å². The van der Waals surface area contributed by atoms with Gasteiger partial charge in [-0.2, -0.15) is 5.10 Å². The fraction of sp³-hybridized carbons (Fsp3) is 0.261. The zero-order valence-electron chi connectivity index (χ0n) is 19.4. The number of aryl methyl sites for hydroxylation is 2. The molecule has 9 nitrogen and oxygen atoms in total. The number of rotatable bonds is 7. The first-order valence-electron chi connectivity index (χ1n) is 10.2. The molecule has 0 saturated heterocycles. The van der Waals surface area contributed by atoms with E-state index in [-0.39, 0.29) is 16.1 Å². The van der Waals surface area contributed by atoms with Crippen LogP contribution in [0, 0.1) is 20.8 Å². The third kappa shape index (κ3) is 5.30. The third-order valence-corrected chi connectivity index (χ3v) is 7.62. The summed E-state index contributed by atoms with van der Waals surface area (Å²) < 4.78 is 32.8. The van der Waals surface area contributed by atoms with E-state index < -0.39 is 28.5 Å². The number of nitrogens with zero attached hydrogens (tertiary/aromatic N) is 3. The Morgan fingerprint density at radius 3 is 2.29 bits per heavy atom. The predicted octanol–water partition coefficient (Wildman–Crippen LogP) is 3.50. The number of anilines is 1. The number of hydrogen-bond donors (Lipinski definition) is 1. The van der Waals surface area contributed by atoms with Crippen LogP contribution >= 0.6 is 11.6 Å². The van der Waals surface area contributed by atoms with Crippen molar-refractivity contribution in [2.45, 2.75) is 25.7 Å². The maximum atomic E-state index is 12.4. The summed E-state index contributed by atoms with van der Waals surface area (Å²) >= 11 is 6.18. The Morgan fingerprint density at radius 2 is 1.74 bits per heavy atom. The quantitative estimate of drug-likeness (QED) is 0.493. The number of aromatic nitrogens is 2. The summed E-state index contributed by atoms with van der Waals surface area (Å²) in [5, 5.41) is 7.49. The number of nitrogens with one attached hydrogen (secondary N) is 1. The van der Waals surface area contributed by atoms with Gasteiger partial charge in [-0.1, -0.05) is 17.7 Å². The van der Waals surface area contributed by atoms with Gasteiger partial charge >= 0.3 is 5.97 Å². The van der Waals surface area contributed by atoms with Gasteiger partial charge in [0.15, 0.2) is 6.61 Å². The molecule has 180 valence electrons. The fourth-order valence-electron chi connectivity index (χ4n) is 3.18. The van der Waals surface area contributed by atoms with Crippen LogP contribution in [0.25, 0.3) is 5.69 Å². The monoisotopic (exact) mass is 504 g/mol. The molecule has 11 heteroatoms. The van der Waals surface area contributed by atoms with Crippen molar-refractivity contribution in [3.05, 3.63) is 70.0 Å². The lowest BCUT2D eigenvalue weighted by molar-refractivity contribution is -0.119. The molecule has 0 aliphatic carbocycles. The van der Waals surface area contributed by atoms with E-state index in [0.717, 1.165) is 15.7 Å². The summed E-state index contributed by atoms with van der Waals surface area (Å²) in [6.45, 7) is 4.78. The molecule has 1 amide bonds. The first kappa shape index (κ1) is 25.4. The molecule has 0 aliphatic rings. The van der Waals surface area contributed by atoms with Crippen LogP contribution in [-0.2, 0) is 19.6 Å². The standard InChI is InChI=1S/C23H25ClN4O5S/c1-14-6-9-18(12-20(14)34(31,32)27(4)5)25-21(29)13-33-23(30)17-7-10-19(11-8-17)28-16(3)22(24)15(2)26-28/h6-12H,13H2,1-5H3,(H,25,29). The number of carbonyl (C=O) groups excluding carboxylic acids is 2. The van der Waals surface area contributed by atoms with Crippen molar-refractivity contribution in [2.24, 2.45) is 0 Å². The fourth-order valence-corrected chi connectivity index (χ4v) is 4.44. The summed E-state index contributed by atoms with van der Waals surface area (Å²) in [6, 6.07) is 11.1. The highest BCUT2D eigenvalue weighted by molar-refractivity contribution is 7.89. The molecule has 2 aromatic carbocycles. The van der Waals surface area contributed by atoms with Gasteiger partial charge in [0.1, 0.15) is 0 Å². The molecule has 1 N–H and O–H groups in total. The Labute approximate surface area is 203 Å². The molecule has 0 atom stereocenters. The highest BCUT2D eigenvalue weighted by Gasteiger charge is 2.21. The highest BCUT2D eigenvalue weighted by Crippen LogP contribution is 2.23. The van der Waals surface area contributed by atoms with Crippen molar-refractivity contribution in [3.8, 4) is 5.69 Å². The van der Waals surface area contributed by atoms with Gasteiger partial charge in [0.25, 0.3) is 5.91 Å². The average molecular weight is 505 g/mol. The molecular weight excluding hydrogens is 480 g/mol. The molecule has 3 rings (SSSR count). The normalized spacial score (nSPS) is 11.5. The summed E-state index contributed by atoms with van der Waals surface area (Å²) in [6.07, 6.45) is 0. The minimum atomic E-state index is -3.67. The number of halogens is 1. The van der Waals surface area contributed by atoms with E-state index in [4.69, 9.17) is 16.3 Å². The summed E-state index contributed by atoms with van der Waals surface area (Å²) in [5.74, 6) is -1.27. The second-order valence-corrected chi connectivity index (χ2v) is 10.3.